The number of fused-ring (bicyclic) bond motifs is 1. The number of carbonyl (C=O) groups is 1. The van der Waals surface area contributed by atoms with Crippen molar-refractivity contribution >= 4 is 45.8 Å². The molecule has 2 aromatic carbocycles. The van der Waals surface area contributed by atoms with Crippen LogP contribution < -0.4 is 5.32 Å². The van der Waals surface area contributed by atoms with Gasteiger partial charge in [0.25, 0.3) is 5.91 Å². The van der Waals surface area contributed by atoms with Crippen LogP contribution in [0.4, 0.5) is 5.69 Å². The van der Waals surface area contributed by atoms with Crippen molar-refractivity contribution in [2.75, 3.05) is 5.32 Å². The summed E-state index contributed by atoms with van der Waals surface area (Å²) in [4.78, 5) is 19.3. The van der Waals surface area contributed by atoms with Gasteiger partial charge in [-0.2, -0.15) is 0 Å². The molecule has 0 fully saturated rings. The first-order chi connectivity index (χ1) is 9.63. The molecule has 0 aliphatic heterocycles. The van der Waals surface area contributed by atoms with Gasteiger partial charge in [-0.3, -0.25) is 4.79 Å². The van der Waals surface area contributed by atoms with E-state index in [1.807, 2.05) is 12.1 Å². The Morgan fingerprint density at radius 2 is 2.00 bits per heavy atom. The third-order valence-electron chi connectivity index (χ3n) is 2.85. The Hall–Kier alpha value is -2.04. The van der Waals surface area contributed by atoms with Gasteiger partial charge in [0.15, 0.2) is 0 Å². The second-order valence-corrected chi connectivity index (χ2v) is 5.06. The van der Waals surface area contributed by atoms with Crippen LogP contribution in [0.2, 0.25) is 10.0 Å². The summed E-state index contributed by atoms with van der Waals surface area (Å²) in [6.45, 7) is 0. The SMILES string of the molecule is O=C(Nc1ccc2nc[nH]c2c1)c1ccc(Cl)cc1Cl. The van der Waals surface area contributed by atoms with Gasteiger partial charge in [-0.05, 0) is 36.4 Å². The first-order valence-electron chi connectivity index (χ1n) is 5.83. The Balaban J connectivity index is 1.87. The van der Waals surface area contributed by atoms with Crippen molar-refractivity contribution in [2.45, 2.75) is 0 Å². The lowest BCUT2D eigenvalue weighted by Crippen LogP contribution is -2.12. The molecule has 100 valence electrons. The van der Waals surface area contributed by atoms with E-state index in [9.17, 15) is 4.79 Å². The summed E-state index contributed by atoms with van der Waals surface area (Å²) in [5.41, 5.74) is 2.73. The Bertz CT molecular complexity index is 798. The zero-order chi connectivity index (χ0) is 14.1. The molecule has 1 heterocycles. The Kier molecular flexibility index (Phi) is 3.34. The molecule has 20 heavy (non-hydrogen) atoms. The van der Waals surface area contributed by atoms with E-state index in [4.69, 9.17) is 23.2 Å². The van der Waals surface area contributed by atoms with Crippen LogP contribution in [-0.4, -0.2) is 15.9 Å². The van der Waals surface area contributed by atoms with Crippen LogP contribution in [-0.2, 0) is 0 Å². The first kappa shape index (κ1) is 13.0. The summed E-state index contributed by atoms with van der Waals surface area (Å²) in [6, 6.07) is 10.2. The molecule has 0 radical (unpaired) electrons. The molecule has 0 saturated heterocycles. The number of benzene rings is 2. The van der Waals surface area contributed by atoms with Crippen LogP contribution in [0.5, 0.6) is 0 Å². The van der Waals surface area contributed by atoms with Crippen molar-refractivity contribution in [2.24, 2.45) is 0 Å². The van der Waals surface area contributed by atoms with Crippen LogP contribution in [0.15, 0.2) is 42.7 Å². The van der Waals surface area contributed by atoms with Crippen molar-refractivity contribution in [1.82, 2.24) is 9.97 Å². The number of hydrogen-bond donors (Lipinski definition) is 2. The van der Waals surface area contributed by atoms with Crippen LogP contribution in [0.25, 0.3) is 11.0 Å². The minimum atomic E-state index is -0.287. The van der Waals surface area contributed by atoms with Crippen molar-refractivity contribution in [3.05, 3.63) is 58.3 Å². The fourth-order valence-electron chi connectivity index (χ4n) is 1.89. The van der Waals surface area contributed by atoms with Gasteiger partial charge in [-0.15, -0.1) is 0 Å². The molecule has 0 saturated carbocycles. The maximum absolute atomic E-state index is 12.2. The van der Waals surface area contributed by atoms with Crippen molar-refractivity contribution in [3.63, 3.8) is 0 Å². The Morgan fingerprint density at radius 3 is 2.80 bits per heavy atom. The van der Waals surface area contributed by atoms with Gasteiger partial charge in [0.2, 0.25) is 0 Å². The number of rotatable bonds is 2. The van der Waals surface area contributed by atoms with Gasteiger partial charge in [0.05, 0.1) is 27.9 Å². The zero-order valence-corrected chi connectivity index (χ0v) is 11.7. The molecule has 0 atom stereocenters. The van der Waals surface area contributed by atoms with E-state index >= 15 is 0 Å². The van der Waals surface area contributed by atoms with Gasteiger partial charge in [0.1, 0.15) is 0 Å². The molecule has 0 spiro atoms. The largest absolute Gasteiger partial charge is 0.345 e. The number of aromatic nitrogens is 2. The van der Waals surface area contributed by atoms with Crippen LogP contribution in [0, 0.1) is 0 Å². The van der Waals surface area contributed by atoms with E-state index in [1.54, 1.807) is 24.5 Å². The van der Waals surface area contributed by atoms with Crippen molar-refractivity contribution in [3.8, 4) is 0 Å². The molecule has 4 nitrogen and oxygen atoms in total. The molecule has 1 aromatic heterocycles. The number of halogens is 2. The third kappa shape index (κ3) is 2.48. The van der Waals surface area contributed by atoms with E-state index in [0.717, 1.165) is 11.0 Å². The monoisotopic (exact) mass is 305 g/mol. The molecule has 0 bridgehead atoms. The van der Waals surface area contributed by atoms with Gasteiger partial charge in [-0.25, -0.2) is 4.98 Å². The second kappa shape index (κ2) is 5.15. The minimum Gasteiger partial charge on any atom is -0.345 e. The summed E-state index contributed by atoms with van der Waals surface area (Å²) in [5, 5.41) is 3.59. The number of nitrogens with zero attached hydrogens (tertiary/aromatic N) is 1. The lowest BCUT2D eigenvalue weighted by molar-refractivity contribution is 0.102. The summed E-state index contributed by atoms with van der Waals surface area (Å²) < 4.78 is 0. The predicted octanol–water partition coefficient (Wildman–Crippen LogP) is 4.12. The number of carbonyl (C=O) groups excluding carboxylic acids is 1. The molecular weight excluding hydrogens is 297 g/mol. The highest BCUT2D eigenvalue weighted by atomic mass is 35.5. The summed E-state index contributed by atoms with van der Waals surface area (Å²) in [5.74, 6) is -0.287. The highest BCUT2D eigenvalue weighted by Gasteiger charge is 2.11. The van der Waals surface area contributed by atoms with E-state index in [2.05, 4.69) is 15.3 Å². The molecular formula is C14H9Cl2N3O. The topological polar surface area (TPSA) is 57.8 Å². The first-order valence-corrected chi connectivity index (χ1v) is 6.58. The van der Waals surface area contributed by atoms with Gasteiger partial charge in [0, 0.05) is 10.7 Å². The van der Waals surface area contributed by atoms with Crippen LogP contribution in [0.1, 0.15) is 10.4 Å². The number of H-pyrrole nitrogens is 1. The minimum absolute atomic E-state index is 0.287. The van der Waals surface area contributed by atoms with E-state index in [1.165, 1.54) is 6.07 Å². The molecule has 2 N–H and O–H groups in total. The fourth-order valence-corrected chi connectivity index (χ4v) is 2.38. The maximum Gasteiger partial charge on any atom is 0.257 e. The molecule has 1 amide bonds. The average Bonchev–Trinajstić information content (AvgIpc) is 2.85. The fraction of sp³-hybridized carbons (Fsp3) is 0. The highest BCUT2D eigenvalue weighted by Crippen LogP contribution is 2.22. The lowest BCUT2D eigenvalue weighted by Gasteiger charge is -2.07. The normalized spacial score (nSPS) is 10.7. The lowest BCUT2D eigenvalue weighted by atomic mass is 10.2. The third-order valence-corrected chi connectivity index (χ3v) is 3.40. The smallest absolute Gasteiger partial charge is 0.257 e. The quantitative estimate of drug-likeness (QED) is 0.748. The number of imidazole rings is 1. The predicted molar refractivity (Wildman–Crippen MR) is 80.5 cm³/mol. The Morgan fingerprint density at radius 1 is 1.15 bits per heavy atom. The second-order valence-electron chi connectivity index (χ2n) is 4.21. The summed E-state index contributed by atoms with van der Waals surface area (Å²) in [7, 11) is 0. The molecule has 6 heteroatoms. The Labute approximate surface area is 124 Å². The number of anilines is 1. The van der Waals surface area contributed by atoms with Crippen LogP contribution >= 0.6 is 23.2 Å². The molecule has 0 unspecified atom stereocenters. The number of hydrogen-bond acceptors (Lipinski definition) is 2. The molecule has 0 aliphatic rings. The number of amides is 1. The van der Waals surface area contributed by atoms with Crippen LogP contribution in [0.3, 0.4) is 0 Å². The standard InChI is InChI=1S/C14H9Cl2N3O/c15-8-1-3-10(11(16)5-8)14(20)19-9-2-4-12-13(6-9)18-7-17-12/h1-7H,(H,17,18)(H,19,20). The molecule has 3 rings (SSSR count). The summed E-state index contributed by atoms with van der Waals surface area (Å²) >= 11 is 11.8. The van der Waals surface area contributed by atoms with Gasteiger partial charge < -0.3 is 10.3 Å². The van der Waals surface area contributed by atoms with Crippen molar-refractivity contribution < 1.29 is 4.79 Å². The maximum atomic E-state index is 12.2. The average molecular weight is 306 g/mol. The van der Waals surface area contributed by atoms with E-state index in [-0.39, 0.29) is 5.91 Å². The molecule has 3 aromatic rings. The zero-order valence-electron chi connectivity index (χ0n) is 10.2. The number of nitrogens with one attached hydrogen (secondary N) is 2. The van der Waals surface area contributed by atoms with Crippen molar-refractivity contribution in [1.29, 1.82) is 0 Å². The highest BCUT2D eigenvalue weighted by molar-refractivity contribution is 6.37. The van der Waals surface area contributed by atoms with E-state index in [0.29, 0.717) is 21.3 Å². The van der Waals surface area contributed by atoms with E-state index < -0.39 is 0 Å². The van der Waals surface area contributed by atoms with Gasteiger partial charge >= 0.3 is 0 Å². The summed E-state index contributed by atoms with van der Waals surface area (Å²) in [6.07, 6.45) is 1.60. The molecule has 0 aliphatic carbocycles. The van der Waals surface area contributed by atoms with Gasteiger partial charge in [-0.1, -0.05) is 23.2 Å². The number of aromatic amines is 1.